The fourth-order valence-corrected chi connectivity index (χ4v) is 1.68. The Morgan fingerprint density at radius 1 is 1.45 bits per heavy atom. The maximum atomic E-state index is 13.8. The first-order valence-corrected chi connectivity index (χ1v) is 5.72. The summed E-state index contributed by atoms with van der Waals surface area (Å²) in [4.78, 5) is 11.8. The van der Waals surface area contributed by atoms with Gasteiger partial charge in [-0.15, -0.1) is 0 Å². The van der Waals surface area contributed by atoms with Crippen molar-refractivity contribution in [1.29, 1.82) is 0 Å². The van der Waals surface area contributed by atoms with Crippen LogP contribution in [0.15, 0.2) is 40.1 Å². The minimum absolute atomic E-state index is 0.0678. The number of furan rings is 1. The number of carbonyl (C=O) groups excluding carboxylic acids is 1. The standard InChI is InChI=1S/C12H9ClFN3O3/c13-10-7(3-4-20-10)12(18)16-9-2-1-6(5-8(9)14)11(15)17-19/h1-5,19H,(H2,15,17)(H,16,18). The molecule has 20 heavy (non-hydrogen) atoms. The van der Waals surface area contributed by atoms with Crippen LogP contribution in [-0.2, 0) is 0 Å². The van der Waals surface area contributed by atoms with E-state index < -0.39 is 11.7 Å². The average molecular weight is 298 g/mol. The van der Waals surface area contributed by atoms with Gasteiger partial charge in [-0.2, -0.15) is 0 Å². The van der Waals surface area contributed by atoms with Gasteiger partial charge in [0.15, 0.2) is 5.84 Å². The lowest BCUT2D eigenvalue weighted by atomic mass is 10.1. The number of amidine groups is 1. The van der Waals surface area contributed by atoms with Crippen LogP contribution in [0.5, 0.6) is 0 Å². The van der Waals surface area contributed by atoms with E-state index in [0.29, 0.717) is 0 Å². The summed E-state index contributed by atoms with van der Waals surface area (Å²) in [6, 6.07) is 5.07. The summed E-state index contributed by atoms with van der Waals surface area (Å²) in [5.74, 6) is -1.58. The zero-order valence-corrected chi connectivity index (χ0v) is 10.7. The van der Waals surface area contributed by atoms with E-state index in [4.69, 9.17) is 27.0 Å². The monoisotopic (exact) mass is 297 g/mol. The first-order chi connectivity index (χ1) is 9.52. The molecule has 4 N–H and O–H groups in total. The first kappa shape index (κ1) is 13.9. The molecule has 1 aromatic heterocycles. The second-order valence-corrected chi connectivity index (χ2v) is 4.09. The number of nitrogens with two attached hydrogens (primary N) is 1. The molecule has 0 saturated heterocycles. The van der Waals surface area contributed by atoms with Crippen molar-refractivity contribution < 1.29 is 18.8 Å². The van der Waals surface area contributed by atoms with Gasteiger partial charge in [-0.3, -0.25) is 4.79 Å². The molecule has 0 atom stereocenters. The molecule has 0 bridgehead atoms. The van der Waals surface area contributed by atoms with E-state index in [2.05, 4.69) is 10.5 Å². The van der Waals surface area contributed by atoms with Crippen LogP contribution in [0, 0.1) is 5.82 Å². The maximum Gasteiger partial charge on any atom is 0.260 e. The van der Waals surface area contributed by atoms with Crippen LogP contribution < -0.4 is 11.1 Å². The highest BCUT2D eigenvalue weighted by Crippen LogP contribution is 2.20. The van der Waals surface area contributed by atoms with Crippen molar-refractivity contribution in [3.05, 3.63) is 52.7 Å². The van der Waals surface area contributed by atoms with Crippen molar-refractivity contribution in [3.8, 4) is 0 Å². The summed E-state index contributed by atoms with van der Waals surface area (Å²) in [7, 11) is 0. The van der Waals surface area contributed by atoms with Gasteiger partial charge in [-0.05, 0) is 35.9 Å². The molecule has 1 heterocycles. The van der Waals surface area contributed by atoms with Crippen molar-refractivity contribution in [2.24, 2.45) is 10.9 Å². The van der Waals surface area contributed by atoms with Crippen LogP contribution in [0.25, 0.3) is 0 Å². The largest absolute Gasteiger partial charge is 0.452 e. The van der Waals surface area contributed by atoms with Crippen molar-refractivity contribution in [3.63, 3.8) is 0 Å². The molecule has 1 aromatic carbocycles. The van der Waals surface area contributed by atoms with Crippen LogP contribution >= 0.6 is 11.6 Å². The van der Waals surface area contributed by atoms with Crippen LogP contribution in [-0.4, -0.2) is 17.0 Å². The van der Waals surface area contributed by atoms with Gasteiger partial charge in [0.2, 0.25) is 5.22 Å². The second kappa shape index (κ2) is 5.62. The lowest BCUT2D eigenvalue weighted by Crippen LogP contribution is -2.15. The Bertz CT molecular complexity index is 684. The fraction of sp³-hybridized carbons (Fsp3) is 0. The van der Waals surface area contributed by atoms with Gasteiger partial charge in [0.25, 0.3) is 5.91 Å². The number of benzene rings is 1. The number of hydrogen-bond donors (Lipinski definition) is 3. The predicted octanol–water partition coefficient (Wildman–Crippen LogP) is 2.42. The predicted molar refractivity (Wildman–Crippen MR) is 70.6 cm³/mol. The number of halogens is 2. The van der Waals surface area contributed by atoms with E-state index in [1.807, 2.05) is 0 Å². The Labute approximate surface area is 117 Å². The maximum absolute atomic E-state index is 13.8. The highest BCUT2D eigenvalue weighted by molar-refractivity contribution is 6.32. The number of nitrogens with one attached hydrogen (secondary N) is 1. The highest BCUT2D eigenvalue weighted by Gasteiger charge is 2.15. The molecule has 0 unspecified atom stereocenters. The Morgan fingerprint density at radius 2 is 2.20 bits per heavy atom. The summed E-state index contributed by atoms with van der Waals surface area (Å²) >= 11 is 5.64. The molecular weight excluding hydrogens is 289 g/mol. The average Bonchev–Trinajstić information content (AvgIpc) is 2.86. The van der Waals surface area contributed by atoms with Gasteiger partial charge in [0.05, 0.1) is 17.5 Å². The van der Waals surface area contributed by atoms with Gasteiger partial charge in [-0.25, -0.2) is 4.39 Å². The fourth-order valence-electron chi connectivity index (χ4n) is 1.48. The normalized spacial score (nSPS) is 11.4. The van der Waals surface area contributed by atoms with E-state index in [1.54, 1.807) is 0 Å². The molecule has 6 nitrogen and oxygen atoms in total. The molecule has 2 rings (SSSR count). The Hall–Kier alpha value is -2.54. The first-order valence-electron chi connectivity index (χ1n) is 5.34. The van der Waals surface area contributed by atoms with Crippen molar-refractivity contribution >= 4 is 29.0 Å². The number of rotatable bonds is 3. The minimum Gasteiger partial charge on any atom is -0.452 e. The topological polar surface area (TPSA) is 101 Å². The summed E-state index contributed by atoms with van der Waals surface area (Å²) < 4.78 is 18.6. The summed E-state index contributed by atoms with van der Waals surface area (Å²) in [6.07, 6.45) is 1.25. The molecule has 2 aromatic rings. The summed E-state index contributed by atoms with van der Waals surface area (Å²) in [6.45, 7) is 0. The molecule has 0 aliphatic rings. The third-order valence-corrected chi connectivity index (χ3v) is 2.78. The molecule has 0 aliphatic heterocycles. The summed E-state index contributed by atoms with van der Waals surface area (Å²) in [5.41, 5.74) is 5.53. The van der Waals surface area contributed by atoms with E-state index in [9.17, 15) is 9.18 Å². The smallest absolute Gasteiger partial charge is 0.260 e. The van der Waals surface area contributed by atoms with E-state index in [-0.39, 0.29) is 27.9 Å². The summed E-state index contributed by atoms with van der Waals surface area (Å²) in [5, 5.41) is 13.5. The van der Waals surface area contributed by atoms with E-state index >= 15 is 0 Å². The zero-order valence-electron chi connectivity index (χ0n) is 9.93. The third kappa shape index (κ3) is 2.72. The van der Waals surface area contributed by atoms with Crippen molar-refractivity contribution in [2.75, 3.05) is 5.32 Å². The molecule has 0 spiro atoms. The van der Waals surface area contributed by atoms with E-state index in [1.165, 1.54) is 24.5 Å². The molecule has 1 amide bonds. The van der Waals surface area contributed by atoms with Gasteiger partial charge in [0, 0.05) is 5.56 Å². The minimum atomic E-state index is -0.734. The van der Waals surface area contributed by atoms with Crippen molar-refractivity contribution in [2.45, 2.75) is 0 Å². The Morgan fingerprint density at radius 3 is 2.75 bits per heavy atom. The highest BCUT2D eigenvalue weighted by atomic mass is 35.5. The quantitative estimate of drug-likeness (QED) is 0.350. The van der Waals surface area contributed by atoms with Gasteiger partial charge >= 0.3 is 0 Å². The second-order valence-electron chi connectivity index (χ2n) is 3.74. The van der Waals surface area contributed by atoms with Gasteiger partial charge in [-0.1, -0.05) is 5.16 Å². The van der Waals surface area contributed by atoms with Crippen LogP contribution in [0.2, 0.25) is 5.22 Å². The van der Waals surface area contributed by atoms with Crippen molar-refractivity contribution in [1.82, 2.24) is 0 Å². The zero-order chi connectivity index (χ0) is 14.7. The van der Waals surface area contributed by atoms with Gasteiger partial charge < -0.3 is 20.7 Å². The van der Waals surface area contributed by atoms with Crippen LogP contribution in [0.1, 0.15) is 15.9 Å². The molecule has 0 aliphatic carbocycles. The van der Waals surface area contributed by atoms with Gasteiger partial charge in [0.1, 0.15) is 5.82 Å². The van der Waals surface area contributed by atoms with E-state index in [0.717, 1.165) is 6.07 Å². The third-order valence-electron chi connectivity index (χ3n) is 2.48. The number of anilines is 1. The Kier molecular flexibility index (Phi) is 3.90. The van der Waals surface area contributed by atoms with Crippen LogP contribution in [0.3, 0.4) is 0 Å². The number of oxime groups is 1. The molecule has 104 valence electrons. The molecular formula is C12H9ClFN3O3. The SMILES string of the molecule is N/C(=N/O)c1ccc(NC(=O)c2ccoc2Cl)c(F)c1. The Balaban J connectivity index is 2.23. The molecule has 8 heteroatoms. The van der Waals surface area contributed by atoms with Crippen LogP contribution in [0.4, 0.5) is 10.1 Å². The number of nitrogens with zero attached hydrogens (tertiary/aromatic N) is 1. The molecule has 0 saturated carbocycles. The molecule has 0 fully saturated rings. The lowest BCUT2D eigenvalue weighted by molar-refractivity contribution is 0.102. The number of amides is 1. The number of carbonyl (C=O) groups is 1. The lowest BCUT2D eigenvalue weighted by Gasteiger charge is -2.07. The molecule has 0 radical (unpaired) electrons. The number of hydrogen-bond acceptors (Lipinski definition) is 4.